The van der Waals surface area contributed by atoms with Crippen LogP contribution in [0.25, 0.3) is 0 Å². The third-order valence-corrected chi connectivity index (χ3v) is 3.26. The maximum atomic E-state index is 11.7. The summed E-state index contributed by atoms with van der Waals surface area (Å²) in [6.07, 6.45) is 1.37. The predicted molar refractivity (Wildman–Crippen MR) is 71.2 cm³/mol. The molecule has 6 nitrogen and oxygen atoms in total. The second-order valence-electron chi connectivity index (χ2n) is 5.36. The molecule has 0 bridgehead atoms. The van der Waals surface area contributed by atoms with Crippen molar-refractivity contribution in [3.05, 3.63) is 10.7 Å². The zero-order valence-corrected chi connectivity index (χ0v) is 12.3. The predicted octanol–water partition coefficient (Wildman–Crippen LogP) is 2.02. The molecular formula is C11H17BrN4O2. The molecule has 2 heterocycles. The van der Waals surface area contributed by atoms with Crippen LogP contribution in [0.4, 0.5) is 10.6 Å². The molecule has 1 fully saturated rings. The van der Waals surface area contributed by atoms with Gasteiger partial charge in [-0.2, -0.15) is 5.10 Å². The summed E-state index contributed by atoms with van der Waals surface area (Å²) in [6, 6.07) is 0.129. The highest BCUT2D eigenvalue weighted by molar-refractivity contribution is 9.10. The number of hydrogen-bond acceptors (Lipinski definition) is 4. The van der Waals surface area contributed by atoms with Crippen molar-refractivity contribution in [2.75, 3.05) is 18.8 Å². The van der Waals surface area contributed by atoms with Crippen LogP contribution in [0.3, 0.4) is 0 Å². The second-order valence-corrected chi connectivity index (χ2v) is 6.22. The fourth-order valence-electron chi connectivity index (χ4n) is 1.73. The number of carbonyl (C=O) groups excluding carboxylic acids is 1. The zero-order valence-electron chi connectivity index (χ0n) is 10.7. The van der Waals surface area contributed by atoms with E-state index in [1.807, 2.05) is 20.8 Å². The van der Waals surface area contributed by atoms with Gasteiger partial charge < -0.3 is 15.4 Å². The lowest BCUT2D eigenvalue weighted by atomic mass is 10.1. The van der Waals surface area contributed by atoms with Crippen molar-refractivity contribution in [3.8, 4) is 0 Å². The molecule has 0 radical (unpaired) electrons. The maximum absolute atomic E-state index is 11.7. The van der Waals surface area contributed by atoms with Gasteiger partial charge in [-0.05, 0) is 36.7 Å². The van der Waals surface area contributed by atoms with E-state index in [-0.39, 0.29) is 12.1 Å². The number of likely N-dealkylation sites (tertiary alicyclic amines) is 1. The third-order valence-electron chi connectivity index (χ3n) is 2.65. The smallest absolute Gasteiger partial charge is 0.410 e. The largest absolute Gasteiger partial charge is 0.444 e. The van der Waals surface area contributed by atoms with Crippen LogP contribution in [0, 0.1) is 0 Å². The van der Waals surface area contributed by atoms with Gasteiger partial charge >= 0.3 is 6.09 Å². The molecular weight excluding hydrogens is 300 g/mol. The van der Waals surface area contributed by atoms with Crippen molar-refractivity contribution in [1.29, 1.82) is 0 Å². The Hall–Kier alpha value is -1.24. The van der Waals surface area contributed by atoms with Crippen LogP contribution < -0.4 is 5.73 Å². The molecule has 18 heavy (non-hydrogen) atoms. The highest BCUT2D eigenvalue weighted by Crippen LogP contribution is 2.28. The summed E-state index contributed by atoms with van der Waals surface area (Å²) in [5, 5.41) is 4.17. The summed E-state index contributed by atoms with van der Waals surface area (Å²) in [4.78, 5) is 13.4. The van der Waals surface area contributed by atoms with Gasteiger partial charge in [0.1, 0.15) is 11.4 Å². The molecule has 1 saturated heterocycles. The van der Waals surface area contributed by atoms with Gasteiger partial charge in [-0.15, -0.1) is 0 Å². The molecule has 0 atom stereocenters. The van der Waals surface area contributed by atoms with Crippen LogP contribution in [-0.4, -0.2) is 39.5 Å². The minimum atomic E-state index is -0.462. The van der Waals surface area contributed by atoms with Gasteiger partial charge in [0.05, 0.1) is 16.7 Å². The Morgan fingerprint density at radius 3 is 2.61 bits per heavy atom. The van der Waals surface area contributed by atoms with Crippen molar-refractivity contribution >= 4 is 27.8 Å². The Morgan fingerprint density at radius 2 is 2.17 bits per heavy atom. The molecule has 0 spiro atoms. The number of amides is 1. The van der Waals surface area contributed by atoms with Gasteiger partial charge in [0.25, 0.3) is 0 Å². The van der Waals surface area contributed by atoms with Gasteiger partial charge in [0.15, 0.2) is 0 Å². The number of nitrogens with two attached hydrogens (primary N) is 1. The van der Waals surface area contributed by atoms with Crippen molar-refractivity contribution < 1.29 is 9.53 Å². The number of halogens is 1. The van der Waals surface area contributed by atoms with Crippen molar-refractivity contribution in [2.45, 2.75) is 32.4 Å². The molecule has 1 amide bonds. The van der Waals surface area contributed by atoms with E-state index in [1.165, 1.54) is 0 Å². The number of rotatable bonds is 1. The quantitative estimate of drug-likeness (QED) is 0.860. The summed E-state index contributed by atoms with van der Waals surface area (Å²) in [7, 11) is 0. The SMILES string of the molecule is CC(C)(C)OC(=O)N1CC(n2ncc(Br)c2N)C1. The van der Waals surface area contributed by atoms with E-state index in [4.69, 9.17) is 10.5 Å². The first-order valence-corrected chi connectivity index (χ1v) is 6.53. The molecule has 0 unspecified atom stereocenters. The van der Waals surface area contributed by atoms with Crippen LogP contribution >= 0.6 is 15.9 Å². The third kappa shape index (κ3) is 2.60. The lowest BCUT2D eigenvalue weighted by Crippen LogP contribution is -2.52. The maximum Gasteiger partial charge on any atom is 0.410 e. The molecule has 0 saturated carbocycles. The molecule has 1 aromatic rings. The summed E-state index contributed by atoms with van der Waals surface area (Å²) >= 11 is 3.31. The van der Waals surface area contributed by atoms with E-state index in [2.05, 4.69) is 21.0 Å². The number of anilines is 1. The second kappa shape index (κ2) is 4.46. The first-order chi connectivity index (χ1) is 8.28. The Bertz CT molecular complexity index is 460. The van der Waals surface area contributed by atoms with Gasteiger partial charge in [-0.3, -0.25) is 0 Å². The molecule has 0 aliphatic carbocycles. The van der Waals surface area contributed by atoms with E-state index in [9.17, 15) is 4.79 Å². The molecule has 2 N–H and O–H groups in total. The normalized spacial score (nSPS) is 16.6. The van der Waals surface area contributed by atoms with Crippen molar-refractivity contribution in [3.63, 3.8) is 0 Å². The Morgan fingerprint density at radius 1 is 1.56 bits per heavy atom. The number of aromatic nitrogens is 2. The number of nitrogens with zero attached hydrogens (tertiary/aromatic N) is 3. The van der Waals surface area contributed by atoms with Crippen molar-refractivity contribution in [1.82, 2.24) is 14.7 Å². The molecule has 1 aliphatic rings. The lowest BCUT2D eigenvalue weighted by molar-refractivity contribution is -0.000117. The van der Waals surface area contributed by atoms with Gasteiger partial charge in [0.2, 0.25) is 0 Å². The molecule has 2 rings (SSSR count). The molecule has 1 aliphatic heterocycles. The van der Waals surface area contributed by atoms with E-state index in [0.717, 1.165) is 4.47 Å². The molecule has 0 aromatic carbocycles. The van der Waals surface area contributed by atoms with Crippen LogP contribution in [0.5, 0.6) is 0 Å². The van der Waals surface area contributed by atoms with Gasteiger partial charge in [-0.1, -0.05) is 0 Å². The average Bonchev–Trinajstić information content (AvgIpc) is 2.44. The van der Waals surface area contributed by atoms with Crippen LogP contribution in [0.1, 0.15) is 26.8 Å². The summed E-state index contributed by atoms with van der Waals surface area (Å²) in [5.41, 5.74) is 5.39. The molecule has 7 heteroatoms. The van der Waals surface area contributed by atoms with Crippen LogP contribution in [0.15, 0.2) is 10.7 Å². The van der Waals surface area contributed by atoms with Crippen LogP contribution in [0.2, 0.25) is 0 Å². The van der Waals surface area contributed by atoms with E-state index >= 15 is 0 Å². The van der Waals surface area contributed by atoms with E-state index in [0.29, 0.717) is 18.9 Å². The highest BCUT2D eigenvalue weighted by atomic mass is 79.9. The topological polar surface area (TPSA) is 73.4 Å². The fourth-order valence-corrected chi connectivity index (χ4v) is 2.00. The Balaban J connectivity index is 1.91. The van der Waals surface area contributed by atoms with Gasteiger partial charge in [-0.25, -0.2) is 9.48 Å². The summed E-state index contributed by atoms with van der Waals surface area (Å²) in [5.74, 6) is 0.587. The monoisotopic (exact) mass is 316 g/mol. The first-order valence-electron chi connectivity index (χ1n) is 5.74. The fraction of sp³-hybridized carbons (Fsp3) is 0.636. The Labute approximate surface area is 114 Å². The minimum absolute atomic E-state index is 0.129. The standard InChI is InChI=1S/C11H17BrN4O2/c1-11(2,3)18-10(17)15-5-7(6-15)16-9(13)8(12)4-14-16/h4,7H,5-6,13H2,1-3H3. The molecule has 1 aromatic heterocycles. The first kappa shape index (κ1) is 13.2. The highest BCUT2D eigenvalue weighted by Gasteiger charge is 2.36. The zero-order chi connectivity index (χ0) is 13.5. The Kier molecular flexibility index (Phi) is 3.27. The van der Waals surface area contributed by atoms with Crippen molar-refractivity contribution in [2.24, 2.45) is 0 Å². The van der Waals surface area contributed by atoms with E-state index < -0.39 is 5.60 Å². The number of ether oxygens (including phenoxy) is 1. The summed E-state index contributed by atoms with van der Waals surface area (Å²) < 4.78 is 7.78. The van der Waals surface area contributed by atoms with Crippen LogP contribution in [-0.2, 0) is 4.74 Å². The average molecular weight is 317 g/mol. The summed E-state index contributed by atoms with van der Waals surface area (Å²) in [6.45, 7) is 6.71. The minimum Gasteiger partial charge on any atom is -0.444 e. The van der Waals surface area contributed by atoms with Gasteiger partial charge in [0, 0.05) is 13.1 Å². The molecule has 100 valence electrons. The lowest BCUT2D eigenvalue weighted by Gasteiger charge is -2.39. The number of nitrogen functional groups attached to an aromatic ring is 1. The van der Waals surface area contributed by atoms with E-state index in [1.54, 1.807) is 15.8 Å². The number of hydrogen-bond donors (Lipinski definition) is 1. The number of carbonyl (C=O) groups is 1.